The molecule has 0 aliphatic heterocycles. The Morgan fingerprint density at radius 3 is 2.76 bits per heavy atom. The van der Waals surface area contributed by atoms with Gasteiger partial charge in [0.15, 0.2) is 0 Å². The molecule has 2 aromatic rings. The SMILES string of the molecule is COc1cc(CC(C)=O)ccc1Nc1ccnc(N)n1.Cl. The van der Waals surface area contributed by atoms with Gasteiger partial charge in [0.2, 0.25) is 5.95 Å². The fraction of sp³-hybridized carbons (Fsp3) is 0.214. The molecule has 6 nitrogen and oxygen atoms in total. The lowest BCUT2D eigenvalue weighted by Crippen LogP contribution is -2.02. The predicted octanol–water partition coefficient (Wildman–Crippen LogP) is 2.36. The zero-order valence-corrected chi connectivity index (χ0v) is 12.6. The maximum atomic E-state index is 11.1. The van der Waals surface area contributed by atoms with Crippen molar-refractivity contribution in [2.45, 2.75) is 13.3 Å². The van der Waals surface area contributed by atoms with Crippen molar-refractivity contribution in [3.8, 4) is 5.75 Å². The number of hydrogen-bond donors (Lipinski definition) is 2. The van der Waals surface area contributed by atoms with Crippen molar-refractivity contribution in [1.82, 2.24) is 9.97 Å². The molecule has 0 fully saturated rings. The van der Waals surface area contributed by atoms with Crippen LogP contribution in [-0.2, 0) is 11.2 Å². The van der Waals surface area contributed by atoms with Crippen molar-refractivity contribution in [3.63, 3.8) is 0 Å². The topological polar surface area (TPSA) is 90.1 Å². The number of nitrogens with one attached hydrogen (secondary N) is 1. The van der Waals surface area contributed by atoms with Crippen LogP contribution in [0, 0.1) is 0 Å². The van der Waals surface area contributed by atoms with E-state index in [4.69, 9.17) is 10.5 Å². The van der Waals surface area contributed by atoms with Crippen LogP contribution in [0.3, 0.4) is 0 Å². The third-order valence-electron chi connectivity index (χ3n) is 2.66. The van der Waals surface area contributed by atoms with E-state index in [-0.39, 0.29) is 24.1 Å². The Labute approximate surface area is 129 Å². The van der Waals surface area contributed by atoms with Gasteiger partial charge < -0.3 is 15.8 Å². The first-order valence-corrected chi connectivity index (χ1v) is 6.10. The summed E-state index contributed by atoms with van der Waals surface area (Å²) in [5.74, 6) is 1.52. The number of nitrogens with zero attached hydrogens (tertiary/aromatic N) is 2. The Balaban J connectivity index is 0.00000220. The van der Waals surface area contributed by atoms with E-state index in [1.807, 2.05) is 18.2 Å². The number of benzene rings is 1. The van der Waals surface area contributed by atoms with Gasteiger partial charge in [-0.3, -0.25) is 4.79 Å². The number of Topliss-reactive ketones (excluding diaryl/α,β-unsaturated/α-hetero) is 1. The lowest BCUT2D eigenvalue weighted by Gasteiger charge is -2.12. The number of ether oxygens (including phenoxy) is 1. The van der Waals surface area contributed by atoms with E-state index in [2.05, 4.69) is 15.3 Å². The molecule has 1 aromatic carbocycles. The van der Waals surface area contributed by atoms with E-state index in [1.165, 1.54) is 0 Å². The Kier molecular flexibility index (Phi) is 5.92. The van der Waals surface area contributed by atoms with Crippen LogP contribution in [0.2, 0.25) is 0 Å². The average molecular weight is 309 g/mol. The van der Waals surface area contributed by atoms with E-state index < -0.39 is 0 Å². The average Bonchev–Trinajstić information content (AvgIpc) is 2.40. The molecule has 2 rings (SSSR count). The number of nitrogen functional groups attached to an aromatic ring is 1. The van der Waals surface area contributed by atoms with Gasteiger partial charge in [0.1, 0.15) is 17.4 Å². The quantitative estimate of drug-likeness (QED) is 0.881. The molecule has 0 bridgehead atoms. The fourth-order valence-electron chi connectivity index (χ4n) is 1.82. The summed E-state index contributed by atoms with van der Waals surface area (Å²) in [6.45, 7) is 1.56. The second kappa shape index (κ2) is 7.44. The molecule has 7 heteroatoms. The van der Waals surface area contributed by atoms with Crippen molar-refractivity contribution in [2.24, 2.45) is 0 Å². The predicted molar refractivity (Wildman–Crippen MR) is 84.4 cm³/mol. The van der Waals surface area contributed by atoms with E-state index >= 15 is 0 Å². The van der Waals surface area contributed by atoms with Gasteiger partial charge in [-0.15, -0.1) is 12.4 Å². The maximum absolute atomic E-state index is 11.1. The first-order chi connectivity index (χ1) is 9.58. The second-order valence-electron chi connectivity index (χ2n) is 4.34. The molecule has 1 heterocycles. The van der Waals surface area contributed by atoms with Gasteiger partial charge in [0, 0.05) is 12.6 Å². The largest absolute Gasteiger partial charge is 0.495 e. The number of halogens is 1. The molecule has 1 aromatic heterocycles. The number of hydrogen-bond acceptors (Lipinski definition) is 6. The van der Waals surface area contributed by atoms with Gasteiger partial charge in [-0.1, -0.05) is 6.07 Å². The summed E-state index contributed by atoms with van der Waals surface area (Å²) in [4.78, 5) is 19.0. The van der Waals surface area contributed by atoms with Crippen LogP contribution in [0.25, 0.3) is 0 Å². The summed E-state index contributed by atoms with van der Waals surface area (Å²) in [6.07, 6.45) is 1.96. The number of rotatable bonds is 5. The van der Waals surface area contributed by atoms with Gasteiger partial charge >= 0.3 is 0 Å². The van der Waals surface area contributed by atoms with E-state index in [0.717, 1.165) is 11.3 Å². The summed E-state index contributed by atoms with van der Waals surface area (Å²) in [7, 11) is 1.58. The molecular weight excluding hydrogens is 292 g/mol. The summed E-state index contributed by atoms with van der Waals surface area (Å²) in [5.41, 5.74) is 7.18. The van der Waals surface area contributed by atoms with Crippen LogP contribution in [0.4, 0.5) is 17.5 Å². The highest BCUT2D eigenvalue weighted by Crippen LogP contribution is 2.28. The van der Waals surface area contributed by atoms with Gasteiger partial charge in [0.25, 0.3) is 0 Å². The highest BCUT2D eigenvalue weighted by Gasteiger charge is 2.07. The standard InChI is InChI=1S/C14H16N4O2.ClH/c1-9(19)7-10-3-4-11(12(8-10)20-2)17-13-5-6-16-14(15)18-13;/h3-6,8H,7H2,1-2H3,(H3,15,16,17,18);1H. The Morgan fingerprint density at radius 1 is 1.38 bits per heavy atom. The highest BCUT2D eigenvalue weighted by molar-refractivity contribution is 5.85. The Morgan fingerprint density at radius 2 is 2.14 bits per heavy atom. The van der Waals surface area contributed by atoms with Crippen LogP contribution in [0.5, 0.6) is 5.75 Å². The molecule has 0 unspecified atom stereocenters. The van der Waals surface area contributed by atoms with Crippen molar-refractivity contribution < 1.29 is 9.53 Å². The Hall–Kier alpha value is -2.34. The van der Waals surface area contributed by atoms with Crippen molar-refractivity contribution in [3.05, 3.63) is 36.0 Å². The number of methoxy groups -OCH3 is 1. The molecule has 0 saturated carbocycles. The molecule has 21 heavy (non-hydrogen) atoms. The molecule has 0 aliphatic rings. The first-order valence-electron chi connectivity index (χ1n) is 6.10. The lowest BCUT2D eigenvalue weighted by molar-refractivity contribution is -0.116. The fourth-order valence-corrected chi connectivity index (χ4v) is 1.82. The number of nitrogens with two attached hydrogens (primary N) is 1. The molecule has 0 amide bonds. The Bertz CT molecular complexity index is 634. The molecule has 0 radical (unpaired) electrons. The smallest absolute Gasteiger partial charge is 0.221 e. The minimum atomic E-state index is 0. The number of carbonyl (C=O) groups is 1. The summed E-state index contributed by atoms with van der Waals surface area (Å²) < 4.78 is 5.32. The third kappa shape index (κ3) is 4.61. The number of carbonyl (C=O) groups excluding carboxylic acids is 1. The zero-order valence-electron chi connectivity index (χ0n) is 11.8. The third-order valence-corrected chi connectivity index (χ3v) is 2.66. The van der Waals surface area contributed by atoms with Gasteiger partial charge in [-0.2, -0.15) is 4.98 Å². The molecule has 3 N–H and O–H groups in total. The van der Waals surface area contributed by atoms with Crippen molar-refractivity contribution >= 4 is 35.6 Å². The van der Waals surface area contributed by atoms with Crippen LogP contribution in [0.1, 0.15) is 12.5 Å². The maximum Gasteiger partial charge on any atom is 0.221 e. The monoisotopic (exact) mass is 308 g/mol. The molecule has 0 spiro atoms. The van der Waals surface area contributed by atoms with Gasteiger partial charge in [0.05, 0.1) is 12.8 Å². The minimum absolute atomic E-state index is 0. The van der Waals surface area contributed by atoms with Gasteiger partial charge in [-0.05, 0) is 30.7 Å². The summed E-state index contributed by atoms with van der Waals surface area (Å²) in [5, 5.41) is 3.10. The highest BCUT2D eigenvalue weighted by atomic mass is 35.5. The van der Waals surface area contributed by atoms with Gasteiger partial charge in [-0.25, -0.2) is 4.98 Å². The summed E-state index contributed by atoms with van der Waals surface area (Å²) in [6, 6.07) is 7.25. The first kappa shape index (κ1) is 16.7. The number of ketones is 1. The van der Waals surface area contributed by atoms with E-state index in [1.54, 1.807) is 26.3 Å². The number of anilines is 3. The number of aromatic nitrogens is 2. The molecule has 0 saturated heterocycles. The van der Waals surface area contributed by atoms with E-state index in [0.29, 0.717) is 18.0 Å². The van der Waals surface area contributed by atoms with E-state index in [9.17, 15) is 4.79 Å². The van der Waals surface area contributed by atoms with Crippen LogP contribution in [-0.4, -0.2) is 22.9 Å². The molecule has 0 atom stereocenters. The van der Waals surface area contributed by atoms with Crippen LogP contribution in [0.15, 0.2) is 30.5 Å². The normalized spacial score (nSPS) is 9.62. The lowest BCUT2D eigenvalue weighted by atomic mass is 10.1. The zero-order chi connectivity index (χ0) is 14.5. The van der Waals surface area contributed by atoms with Crippen molar-refractivity contribution in [2.75, 3.05) is 18.2 Å². The molecule has 112 valence electrons. The van der Waals surface area contributed by atoms with Crippen LogP contribution >= 0.6 is 12.4 Å². The minimum Gasteiger partial charge on any atom is -0.495 e. The summed E-state index contributed by atoms with van der Waals surface area (Å²) >= 11 is 0. The molecular formula is C14H17ClN4O2. The van der Waals surface area contributed by atoms with Crippen molar-refractivity contribution in [1.29, 1.82) is 0 Å². The second-order valence-corrected chi connectivity index (χ2v) is 4.34. The van der Waals surface area contributed by atoms with Crippen LogP contribution < -0.4 is 15.8 Å². The molecule has 0 aliphatic carbocycles.